The molecule has 2 bridgehead atoms. The zero-order valence-corrected chi connectivity index (χ0v) is 19.9. The summed E-state index contributed by atoms with van der Waals surface area (Å²) in [6.07, 6.45) is 5.81. The Morgan fingerprint density at radius 2 is 1.90 bits per heavy atom. The van der Waals surface area contributed by atoms with E-state index in [9.17, 15) is 8.42 Å². The lowest BCUT2D eigenvalue weighted by molar-refractivity contribution is 0.0992. The van der Waals surface area contributed by atoms with Gasteiger partial charge in [0.1, 0.15) is 0 Å². The number of ether oxygens (including phenoxy) is 1. The number of sulfonamides is 1. The van der Waals surface area contributed by atoms with Gasteiger partial charge in [0.25, 0.3) is 0 Å². The molecule has 0 saturated carbocycles. The SMILES string of the molecule is CN=C(NCC1CCN(S(=O)(=O)c2ccccc2)CC1)NC1CC2CCC1O2.I. The monoisotopic (exact) mass is 534 g/mol. The van der Waals surface area contributed by atoms with Gasteiger partial charge < -0.3 is 15.4 Å². The number of hydrogen-bond donors (Lipinski definition) is 2. The maximum atomic E-state index is 12.7. The maximum absolute atomic E-state index is 12.7. The van der Waals surface area contributed by atoms with Crippen molar-refractivity contribution in [1.82, 2.24) is 14.9 Å². The van der Waals surface area contributed by atoms with Crippen molar-refractivity contribution in [1.29, 1.82) is 0 Å². The number of hydrogen-bond acceptors (Lipinski definition) is 4. The summed E-state index contributed by atoms with van der Waals surface area (Å²) < 4.78 is 33.0. The van der Waals surface area contributed by atoms with Crippen LogP contribution in [-0.4, -0.2) is 63.6 Å². The molecular weight excluding hydrogens is 503 g/mol. The molecule has 3 atom stereocenters. The summed E-state index contributed by atoms with van der Waals surface area (Å²) in [7, 11) is -1.59. The molecule has 3 aliphatic heterocycles. The smallest absolute Gasteiger partial charge is 0.243 e. The van der Waals surface area contributed by atoms with Gasteiger partial charge in [-0.1, -0.05) is 18.2 Å². The molecule has 3 heterocycles. The molecule has 0 aliphatic carbocycles. The predicted octanol–water partition coefficient (Wildman–Crippen LogP) is 2.19. The molecule has 4 rings (SSSR count). The van der Waals surface area contributed by atoms with Gasteiger partial charge in [-0.05, 0) is 50.2 Å². The molecule has 2 N–H and O–H groups in total. The Morgan fingerprint density at radius 3 is 2.48 bits per heavy atom. The summed E-state index contributed by atoms with van der Waals surface area (Å²) in [6, 6.07) is 9.05. The minimum absolute atomic E-state index is 0. The Bertz CT molecular complexity index is 797. The lowest BCUT2D eigenvalue weighted by Crippen LogP contribution is -2.49. The van der Waals surface area contributed by atoms with Gasteiger partial charge in [-0.3, -0.25) is 4.99 Å². The summed E-state index contributed by atoms with van der Waals surface area (Å²) in [5, 5.41) is 6.92. The van der Waals surface area contributed by atoms with Crippen LogP contribution in [0, 0.1) is 5.92 Å². The molecule has 3 aliphatic rings. The molecule has 0 radical (unpaired) electrons. The summed E-state index contributed by atoms with van der Waals surface area (Å²) >= 11 is 0. The number of fused-ring (bicyclic) bond motifs is 2. The molecule has 162 valence electrons. The second-order valence-corrected chi connectivity index (χ2v) is 9.91. The van der Waals surface area contributed by atoms with E-state index in [1.54, 1.807) is 35.6 Å². The van der Waals surface area contributed by atoms with Gasteiger partial charge in [-0.2, -0.15) is 4.31 Å². The molecule has 9 heteroatoms. The van der Waals surface area contributed by atoms with Crippen LogP contribution in [0.3, 0.4) is 0 Å². The first-order valence-electron chi connectivity index (χ1n) is 10.2. The van der Waals surface area contributed by atoms with E-state index in [1.165, 1.54) is 6.42 Å². The van der Waals surface area contributed by atoms with Crippen LogP contribution in [0.25, 0.3) is 0 Å². The number of aliphatic imine (C=N–C) groups is 1. The van der Waals surface area contributed by atoms with E-state index in [2.05, 4.69) is 15.6 Å². The lowest BCUT2D eigenvalue weighted by atomic mass is 9.95. The predicted molar refractivity (Wildman–Crippen MR) is 124 cm³/mol. The fourth-order valence-electron chi connectivity index (χ4n) is 4.50. The molecule has 0 amide bonds. The second kappa shape index (κ2) is 9.93. The maximum Gasteiger partial charge on any atom is 0.243 e. The summed E-state index contributed by atoms with van der Waals surface area (Å²) in [5.74, 6) is 1.26. The quantitative estimate of drug-likeness (QED) is 0.344. The summed E-state index contributed by atoms with van der Waals surface area (Å²) in [4.78, 5) is 4.72. The molecule has 1 aromatic rings. The van der Waals surface area contributed by atoms with Gasteiger partial charge in [0, 0.05) is 26.7 Å². The van der Waals surface area contributed by atoms with E-state index in [-0.39, 0.29) is 24.0 Å². The van der Waals surface area contributed by atoms with E-state index < -0.39 is 10.0 Å². The summed E-state index contributed by atoms with van der Waals surface area (Å²) in [6.45, 7) is 1.94. The first-order chi connectivity index (χ1) is 13.6. The highest BCUT2D eigenvalue weighted by atomic mass is 127. The zero-order chi connectivity index (χ0) is 19.6. The molecule has 3 saturated heterocycles. The van der Waals surface area contributed by atoms with E-state index in [0.717, 1.165) is 38.2 Å². The van der Waals surface area contributed by atoms with Crippen molar-refractivity contribution in [3.8, 4) is 0 Å². The van der Waals surface area contributed by atoms with E-state index >= 15 is 0 Å². The van der Waals surface area contributed by atoms with Crippen molar-refractivity contribution in [2.24, 2.45) is 10.9 Å². The van der Waals surface area contributed by atoms with Crippen LogP contribution >= 0.6 is 24.0 Å². The van der Waals surface area contributed by atoms with Gasteiger partial charge in [0.2, 0.25) is 10.0 Å². The van der Waals surface area contributed by atoms with Crippen LogP contribution in [-0.2, 0) is 14.8 Å². The van der Waals surface area contributed by atoms with Crippen molar-refractivity contribution in [3.63, 3.8) is 0 Å². The average Bonchev–Trinajstić information content (AvgIpc) is 3.35. The number of nitrogens with one attached hydrogen (secondary N) is 2. The van der Waals surface area contributed by atoms with E-state index in [1.807, 2.05) is 6.07 Å². The molecule has 3 unspecified atom stereocenters. The molecule has 29 heavy (non-hydrogen) atoms. The first kappa shape index (κ1) is 22.8. The molecular formula is C20H31IN4O3S. The van der Waals surface area contributed by atoms with Crippen molar-refractivity contribution < 1.29 is 13.2 Å². The Labute approximate surface area is 190 Å². The Kier molecular flexibility index (Phi) is 7.80. The first-order valence-corrected chi connectivity index (χ1v) is 11.7. The van der Waals surface area contributed by atoms with Crippen molar-refractivity contribution >= 4 is 40.0 Å². The van der Waals surface area contributed by atoms with Crippen LogP contribution in [0.5, 0.6) is 0 Å². The highest BCUT2D eigenvalue weighted by Crippen LogP contribution is 2.34. The molecule has 7 nitrogen and oxygen atoms in total. The highest BCUT2D eigenvalue weighted by Gasteiger charge is 2.41. The van der Waals surface area contributed by atoms with Gasteiger partial charge in [0.15, 0.2) is 5.96 Å². The van der Waals surface area contributed by atoms with Gasteiger partial charge in [-0.25, -0.2) is 8.42 Å². The molecule has 0 spiro atoms. The average molecular weight is 534 g/mol. The van der Waals surface area contributed by atoms with Gasteiger partial charge >= 0.3 is 0 Å². The van der Waals surface area contributed by atoms with E-state index in [4.69, 9.17) is 4.74 Å². The number of guanidine groups is 1. The molecule has 1 aromatic carbocycles. The Hall–Kier alpha value is -0.910. The van der Waals surface area contributed by atoms with Crippen LogP contribution in [0.1, 0.15) is 32.1 Å². The zero-order valence-electron chi connectivity index (χ0n) is 16.8. The van der Waals surface area contributed by atoms with E-state index in [0.29, 0.717) is 42.2 Å². The number of halogens is 1. The third-order valence-corrected chi connectivity index (χ3v) is 8.08. The molecule has 0 aromatic heterocycles. The van der Waals surface area contributed by atoms with Crippen LogP contribution < -0.4 is 10.6 Å². The second-order valence-electron chi connectivity index (χ2n) is 7.97. The third-order valence-electron chi connectivity index (χ3n) is 6.16. The van der Waals surface area contributed by atoms with Crippen LogP contribution in [0.15, 0.2) is 40.2 Å². The standard InChI is InChI=1S/C20H30N4O3S.HI/c1-21-20(23-18-13-16-7-8-19(18)27-16)22-14-15-9-11-24(12-10-15)28(25,26)17-5-3-2-4-6-17;/h2-6,15-16,18-19H,7-14H2,1H3,(H2,21,22,23);1H. The fourth-order valence-corrected chi connectivity index (χ4v) is 5.99. The number of benzene rings is 1. The largest absolute Gasteiger partial charge is 0.373 e. The van der Waals surface area contributed by atoms with Crippen LogP contribution in [0.4, 0.5) is 0 Å². The Balaban J connectivity index is 0.00000240. The van der Waals surface area contributed by atoms with Gasteiger partial charge in [-0.15, -0.1) is 24.0 Å². The minimum Gasteiger partial charge on any atom is -0.373 e. The number of rotatable bonds is 5. The lowest BCUT2D eigenvalue weighted by Gasteiger charge is -2.32. The van der Waals surface area contributed by atoms with Crippen molar-refractivity contribution in [2.75, 3.05) is 26.7 Å². The van der Waals surface area contributed by atoms with Gasteiger partial charge in [0.05, 0.1) is 23.1 Å². The number of nitrogens with zero attached hydrogens (tertiary/aromatic N) is 2. The topological polar surface area (TPSA) is 83.0 Å². The van der Waals surface area contributed by atoms with Crippen molar-refractivity contribution in [3.05, 3.63) is 30.3 Å². The minimum atomic E-state index is -3.38. The third kappa shape index (κ3) is 5.23. The highest BCUT2D eigenvalue weighted by molar-refractivity contribution is 14.0. The fraction of sp³-hybridized carbons (Fsp3) is 0.650. The van der Waals surface area contributed by atoms with Crippen LogP contribution in [0.2, 0.25) is 0 Å². The number of piperidine rings is 1. The Morgan fingerprint density at radius 1 is 1.17 bits per heavy atom. The summed E-state index contributed by atoms with van der Waals surface area (Å²) in [5.41, 5.74) is 0. The van der Waals surface area contributed by atoms with Crippen molar-refractivity contribution in [2.45, 2.75) is 55.2 Å². The molecule has 3 fully saturated rings. The normalized spacial score (nSPS) is 28.2.